The van der Waals surface area contributed by atoms with Crippen molar-refractivity contribution in [1.82, 2.24) is 0 Å². The molecule has 1 N–H and O–H groups in total. The van der Waals surface area contributed by atoms with Crippen LogP contribution in [-0.2, 0) is 10.5 Å². The molecule has 0 fully saturated rings. The van der Waals surface area contributed by atoms with Crippen molar-refractivity contribution in [3.63, 3.8) is 0 Å². The van der Waals surface area contributed by atoms with Crippen molar-refractivity contribution < 1.29 is 57.2 Å². The Balaban J connectivity index is 0. The van der Waals surface area contributed by atoms with E-state index in [1.807, 2.05) is 0 Å². The zero-order valence-electron chi connectivity index (χ0n) is 2.46. The van der Waals surface area contributed by atoms with Gasteiger partial charge in [0.15, 0.2) is 0 Å². The van der Waals surface area contributed by atoms with E-state index < -0.39 is 10.5 Å². The Kier molecular flexibility index (Phi) is 5.47. The smallest absolute Gasteiger partial charge is 0.260 e. The molecule has 6 heavy (non-hydrogen) atoms. The number of hydrogen-bond acceptors (Lipinski definition) is 2. The topological polar surface area (TPSA) is 54.4 Å². The van der Waals surface area contributed by atoms with Crippen molar-refractivity contribution in [2.45, 2.75) is 0 Å². The molecule has 38 valence electrons. The van der Waals surface area contributed by atoms with Gasteiger partial charge < -0.3 is 0 Å². The summed E-state index contributed by atoms with van der Waals surface area (Å²) in [6.07, 6.45) is 0. The summed E-state index contributed by atoms with van der Waals surface area (Å²) in [5.41, 5.74) is 0. The van der Waals surface area contributed by atoms with Gasteiger partial charge in [0, 0.05) is 40.4 Å². The third-order valence-corrected chi connectivity index (χ3v) is 0. The molecule has 6 heteroatoms. The molecule has 0 aromatic heterocycles. The van der Waals surface area contributed by atoms with E-state index in [0.717, 1.165) is 0 Å². The average Bonchev–Trinajstić information content (AvgIpc) is 0.722. The summed E-state index contributed by atoms with van der Waals surface area (Å²) < 4.78 is 34.1. The van der Waals surface area contributed by atoms with E-state index in [1.165, 1.54) is 0 Å². The van der Waals surface area contributed by atoms with Gasteiger partial charge in [0.05, 0.1) is 0 Å². The summed E-state index contributed by atoms with van der Waals surface area (Å²) in [6, 6.07) is 0. The normalized spacial score (nSPS) is 9.67. The Morgan fingerprint density at radius 2 is 1.50 bits per heavy atom. The van der Waals surface area contributed by atoms with Gasteiger partial charge in [-0.1, -0.05) is 3.89 Å². The summed E-state index contributed by atoms with van der Waals surface area (Å²) >= 11 is 0. The van der Waals surface area contributed by atoms with Gasteiger partial charge in [-0.05, 0) is 0 Å². The van der Waals surface area contributed by atoms with Gasteiger partial charge in [0.2, 0.25) is 0 Å². The maximum atomic E-state index is 10.2. The molecule has 0 aliphatic heterocycles. The fraction of sp³-hybridized carbons (Fsp3) is 0. The summed E-state index contributed by atoms with van der Waals surface area (Å²) in [5, 5.41) is 0. The Morgan fingerprint density at radius 3 is 1.50 bits per heavy atom. The number of hydrogen-bond donors (Lipinski definition) is 1. The Bertz CT molecular complexity index is 94.0. The van der Waals surface area contributed by atoms with Crippen molar-refractivity contribution in [2.24, 2.45) is 0 Å². The molecule has 0 amide bonds. The summed E-state index contributed by atoms with van der Waals surface area (Å²) in [7, 11) is -5.17. The van der Waals surface area contributed by atoms with E-state index in [4.69, 9.17) is 13.0 Å². The van der Waals surface area contributed by atoms with E-state index in [1.54, 1.807) is 0 Å². The van der Waals surface area contributed by atoms with Crippen molar-refractivity contribution >= 4 is 10.5 Å². The number of rotatable bonds is 0. The third-order valence-electron chi connectivity index (χ3n) is 0. The fourth-order valence-corrected chi connectivity index (χ4v) is 0. The first-order valence-corrected chi connectivity index (χ1v) is 2.01. The van der Waals surface area contributed by atoms with Crippen molar-refractivity contribution in [2.75, 3.05) is 0 Å². The molecule has 0 rings (SSSR count). The predicted octanol–water partition coefficient (Wildman–Crippen LogP) is -0.241. The minimum atomic E-state index is -5.17. The first kappa shape index (κ1) is 10.2. The standard InChI is InChI=1S/FHO3S.Sm/c1-5(2,3)4;/h(H,2,3,4);. The largest absolute Gasteiger partial charge is 0.435 e. The molecule has 0 heterocycles. The van der Waals surface area contributed by atoms with Crippen LogP contribution in [-0.4, -0.2) is 13.0 Å². The van der Waals surface area contributed by atoms with Crippen LogP contribution in [0, 0.1) is 40.4 Å². The first-order chi connectivity index (χ1) is 2.00. The van der Waals surface area contributed by atoms with Gasteiger partial charge in [-0.15, -0.1) is 0 Å². The molecule has 0 saturated heterocycles. The maximum absolute atomic E-state index is 10.2. The second-order valence-corrected chi connectivity index (χ2v) is 1.24. The zero-order chi connectivity index (χ0) is 4.50. The van der Waals surface area contributed by atoms with Crippen LogP contribution in [0.3, 0.4) is 0 Å². The second kappa shape index (κ2) is 3.21. The molecule has 0 aliphatic rings. The van der Waals surface area contributed by atoms with Crippen LogP contribution in [0.2, 0.25) is 0 Å². The molecule has 3 nitrogen and oxygen atoms in total. The molecule has 0 saturated carbocycles. The minimum absolute atomic E-state index is 0. The van der Waals surface area contributed by atoms with Crippen LogP contribution in [0.15, 0.2) is 0 Å². The average molecular weight is 250 g/mol. The van der Waals surface area contributed by atoms with E-state index in [-0.39, 0.29) is 40.4 Å². The van der Waals surface area contributed by atoms with Crippen molar-refractivity contribution in [1.29, 1.82) is 0 Å². The van der Waals surface area contributed by atoms with E-state index >= 15 is 0 Å². The molecule has 0 atom stereocenters. The zero-order valence-corrected chi connectivity index (χ0v) is 5.89. The second-order valence-electron chi connectivity index (χ2n) is 0.412. The summed E-state index contributed by atoms with van der Waals surface area (Å²) in [5.74, 6) is 0. The van der Waals surface area contributed by atoms with E-state index in [9.17, 15) is 3.89 Å². The predicted molar refractivity (Wildman–Crippen MR) is 12.7 cm³/mol. The Morgan fingerprint density at radius 1 is 1.50 bits per heavy atom. The van der Waals surface area contributed by atoms with Crippen LogP contribution in [0.5, 0.6) is 0 Å². The SMILES string of the molecule is O=S(=O)(O)F.[Sm]. The van der Waals surface area contributed by atoms with Crippen LogP contribution in [0.4, 0.5) is 3.89 Å². The van der Waals surface area contributed by atoms with Gasteiger partial charge in [0.1, 0.15) is 0 Å². The third kappa shape index (κ3) is 65.2. The molecule has 0 radical (unpaired) electrons. The van der Waals surface area contributed by atoms with Crippen molar-refractivity contribution in [3.8, 4) is 0 Å². The monoisotopic (exact) mass is 252 g/mol. The van der Waals surface area contributed by atoms with Gasteiger partial charge in [-0.3, -0.25) is 4.55 Å². The molecular formula is HFO3SSm. The van der Waals surface area contributed by atoms with Gasteiger partial charge in [-0.25, -0.2) is 0 Å². The van der Waals surface area contributed by atoms with Crippen LogP contribution in [0.25, 0.3) is 0 Å². The Labute approximate surface area is 67.1 Å². The molecule has 0 bridgehead atoms. The quantitative estimate of drug-likeness (QED) is 0.477. The minimum Gasteiger partial charge on any atom is -0.260 e. The molecular weight excluding hydrogens is 249 g/mol. The first-order valence-electron chi connectivity index (χ1n) is 0.670. The van der Waals surface area contributed by atoms with E-state index in [0.29, 0.717) is 0 Å². The summed E-state index contributed by atoms with van der Waals surface area (Å²) in [6.45, 7) is 0. The summed E-state index contributed by atoms with van der Waals surface area (Å²) in [4.78, 5) is 0. The van der Waals surface area contributed by atoms with Gasteiger partial charge >= 0.3 is 10.5 Å². The molecule has 0 unspecified atom stereocenters. The van der Waals surface area contributed by atoms with Gasteiger partial charge in [0.25, 0.3) is 0 Å². The molecule has 0 aliphatic carbocycles. The maximum Gasteiger partial charge on any atom is 0.435 e. The van der Waals surface area contributed by atoms with Crippen LogP contribution >= 0.6 is 0 Å². The molecule has 0 spiro atoms. The van der Waals surface area contributed by atoms with Crippen LogP contribution in [0.1, 0.15) is 0 Å². The fourth-order valence-electron chi connectivity index (χ4n) is 0. The van der Waals surface area contributed by atoms with Crippen molar-refractivity contribution in [3.05, 3.63) is 0 Å². The van der Waals surface area contributed by atoms with Crippen LogP contribution < -0.4 is 0 Å². The number of halogens is 1. The Hall–Kier alpha value is 1.18. The molecule has 0 aromatic rings. The van der Waals surface area contributed by atoms with E-state index in [2.05, 4.69) is 0 Å². The van der Waals surface area contributed by atoms with Gasteiger partial charge in [-0.2, -0.15) is 8.42 Å². The molecule has 0 aromatic carbocycles.